The number of halogens is 1. The predicted molar refractivity (Wildman–Crippen MR) is 85.6 cm³/mol. The molecule has 1 amide bonds. The van der Waals surface area contributed by atoms with E-state index in [9.17, 15) is 4.79 Å². The average Bonchev–Trinajstić information content (AvgIpc) is 2.38. The van der Waals surface area contributed by atoms with E-state index in [-0.39, 0.29) is 11.9 Å². The van der Waals surface area contributed by atoms with E-state index in [0.717, 1.165) is 15.6 Å². The molecule has 2 rings (SSSR count). The molecular weight excluding hydrogens is 316 g/mol. The monoisotopic (exact) mass is 332 g/mol. The Morgan fingerprint density at radius 3 is 2.55 bits per heavy atom. The van der Waals surface area contributed by atoms with Crippen LogP contribution in [0.15, 0.2) is 46.9 Å². The highest BCUT2D eigenvalue weighted by molar-refractivity contribution is 9.10. The fraction of sp³-hybridized carbons (Fsp3) is 0.188. The maximum Gasteiger partial charge on any atom is 0.254 e. The minimum atomic E-state index is -0.149. The lowest BCUT2D eigenvalue weighted by molar-refractivity contribution is 0.0940. The highest BCUT2D eigenvalue weighted by Gasteiger charge is 2.16. The van der Waals surface area contributed by atoms with Crippen LogP contribution < -0.4 is 11.1 Å². The maximum atomic E-state index is 12.4. The summed E-state index contributed by atoms with van der Waals surface area (Å²) in [5.41, 5.74) is 8.86. The van der Waals surface area contributed by atoms with Crippen LogP contribution in [0.1, 0.15) is 34.5 Å². The molecule has 0 aliphatic heterocycles. The van der Waals surface area contributed by atoms with Crippen molar-refractivity contribution in [2.24, 2.45) is 0 Å². The molecule has 1 unspecified atom stereocenters. The Hall–Kier alpha value is -1.81. The van der Waals surface area contributed by atoms with Gasteiger partial charge in [-0.1, -0.05) is 46.3 Å². The third-order valence-corrected chi connectivity index (χ3v) is 3.97. The summed E-state index contributed by atoms with van der Waals surface area (Å²) in [5.74, 6) is -0.149. The first-order valence-electron chi connectivity index (χ1n) is 6.41. The molecule has 0 saturated heterocycles. The van der Waals surface area contributed by atoms with Crippen LogP contribution in [0.3, 0.4) is 0 Å². The molecule has 0 fully saturated rings. The van der Waals surface area contributed by atoms with Crippen molar-refractivity contribution in [2.75, 3.05) is 5.73 Å². The average molecular weight is 333 g/mol. The Kier molecular flexibility index (Phi) is 4.45. The second-order valence-electron chi connectivity index (χ2n) is 4.76. The molecule has 2 aromatic rings. The van der Waals surface area contributed by atoms with Gasteiger partial charge in [0.05, 0.1) is 11.6 Å². The highest BCUT2D eigenvalue weighted by atomic mass is 79.9. The minimum Gasteiger partial charge on any atom is -0.398 e. The van der Waals surface area contributed by atoms with Gasteiger partial charge in [0.15, 0.2) is 0 Å². The number of nitrogen functional groups attached to an aromatic ring is 1. The molecule has 20 heavy (non-hydrogen) atoms. The van der Waals surface area contributed by atoms with E-state index in [1.165, 1.54) is 0 Å². The SMILES string of the molecule is Cc1cccc(N)c1C(=O)NC(C)c1ccccc1Br. The van der Waals surface area contributed by atoms with E-state index in [4.69, 9.17) is 5.73 Å². The predicted octanol–water partition coefficient (Wildman–Crippen LogP) is 3.83. The number of carbonyl (C=O) groups is 1. The number of nitrogens with one attached hydrogen (secondary N) is 1. The molecular formula is C16H17BrN2O. The van der Waals surface area contributed by atoms with E-state index in [0.29, 0.717) is 11.3 Å². The molecule has 4 heteroatoms. The van der Waals surface area contributed by atoms with Crippen molar-refractivity contribution < 1.29 is 4.79 Å². The van der Waals surface area contributed by atoms with Gasteiger partial charge in [-0.2, -0.15) is 0 Å². The molecule has 0 radical (unpaired) electrons. The Morgan fingerprint density at radius 1 is 1.20 bits per heavy atom. The van der Waals surface area contributed by atoms with E-state index in [1.54, 1.807) is 6.07 Å². The third kappa shape index (κ3) is 3.02. The summed E-state index contributed by atoms with van der Waals surface area (Å²) in [5, 5.41) is 2.99. The number of hydrogen-bond donors (Lipinski definition) is 2. The topological polar surface area (TPSA) is 55.1 Å². The molecule has 3 N–H and O–H groups in total. The van der Waals surface area contributed by atoms with Crippen molar-refractivity contribution in [1.82, 2.24) is 5.32 Å². The van der Waals surface area contributed by atoms with Crippen LogP contribution >= 0.6 is 15.9 Å². The van der Waals surface area contributed by atoms with Gasteiger partial charge in [-0.15, -0.1) is 0 Å². The number of hydrogen-bond acceptors (Lipinski definition) is 2. The van der Waals surface area contributed by atoms with E-state index >= 15 is 0 Å². The number of carbonyl (C=O) groups excluding carboxylic acids is 1. The highest BCUT2D eigenvalue weighted by Crippen LogP contribution is 2.24. The Balaban J connectivity index is 2.22. The van der Waals surface area contributed by atoms with Crippen molar-refractivity contribution in [1.29, 1.82) is 0 Å². The summed E-state index contributed by atoms with van der Waals surface area (Å²) < 4.78 is 0.977. The smallest absolute Gasteiger partial charge is 0.254 e. The lowest BCUT2D eigenvalue weighted by Gasteiger charge is -2.17. The first-order chi connectivity index (χ1) is 9.50. The summed E-state index contributed by atoms with van der Waals surface area (Å²) >= 11 is 3.50. The lowest BCUT2D eigenvalue weighted by Crippen LogP contribution is -2.28. The van der Waals surface area contributed by atoms with Gasteiger partial charge in [-0.3, -0.25) is 4.79 Å². The van der Waals surface area contributed by atoms with Crippen molar-refractivity contribution in [3.63, 3.8) is 0 Å². The molecule has 104 valence electrons. The van der Waals surface area contributed by atoms with Crippen LogP contribution in [0.25, 0.3) is 0 Å². The van der Waals surface area contributed by atoms with Gasteiger partial charge in [-0.05, 0) is 37.1 Å². The van der Waals surface area contributed by atoms with Crippen molar-refractivity contribution in [3.8, 4) is 0 Å². The zero-order chi connectivity index (χ0) is 14.7. The summed E-state index contributed by atoms with van der Waals surface area (Å²) in [4.78, 5) is 12.4. The molecule has 0 saturated carbocycles. The number of benzene rings is 2. The minimum absolute atomic E-state index is 0.0999. The van der Waals surface area contributed by atoms with Crippen molar-refractivity contribution >= 4 is 27.5 Å². The van der Waals surface area contributed by atoms with Gasteiger partial charge < -0.3 is 11.1 Å². The zero-order valence-electron chi connectivity index (χ0n) is 11.5. The van der Waals surface area contributed by atoms with Crippen LogP contribution in [0.4, 0.5) is 5.69 Å². The maximum absolute atomic E-state index is 12.4. The first-order valence-corrected chi connectivity index (χ1v) is 7.20. The second-order valence-corrected chi connectivity index (χ2v) is 5.61. The Bertz CT molecular complexity index is 620. The summed E-state index contributed by atoms with van der Waals surface area (Å²) in [7, 11) is 0. The van der Waals surface area contributed by atoms with Gasteiger partial charge in [0.1, 0.15) is 0 Å². The fourth-order valence-electron chi connectivity index (χ4n) is 2.17. The molecule has 0 spiro atoms. The largest absolute Gasteiger partial charge is 0.398 e. The first kappa shape index (κ1) is 14.6. The summed E-state index contributed by atoms with van der Waals surface area (Å²) in [6, 6.07) is 13.2. The number of nitrogens with two attached hydrogens (primary N) is 1. The molecule has 1 atom stereocenters. The van der Waals surface area contributed by atoms with Crippen molar-refractivity contribution in [2.45, 2.75) is 19.9 Å². The zero-order valence-corrected chi connectivity index (χ0v) is 13.1. The van der Waals surface area contributed by atoms with Crippen LogP contribution in [-0.4, -0.2) is 5.91 Å². The van der Waals surface area contributed by atoms with Crippen LogP contribution in [0.5, 0.6) is 0 Å². The van der Waals surface area contributed by atoms with Gasteiger partial charge in [0, 0.05) is 10.2 Å². The van der Waals surface area contributed by atoms with Crippen LogP contribution in [0.2, 0.25) is 0 Å². The molecule has 2 aromatic carbocycles. The lowest BCUT2D eigenvalue weighted by atomic mass is 10.0. The number of aryl methyl sites for hydroxylation is 1. The van der Waals surface area contributed by atoms with E-state index in [1.807, 2.05) is 50.2 Å². The van der Waals surface area contributed by atoms with Crippen LogP contribution in [0, 0.1) is 6.92 Å². The number of anilines is 1. The quantitative estimate of drug-likeness (QED) is 0.839. The molecule has 0 bridgehead atoms. The molecule has 0 heterocycles. The van der Waals surface area contributed by atoms with Gasteiger partial charge in [0.2, 0.25) is 0 Å². The van der Waals surface area contributed by atoms with Crippen LogP contribution in [-0.2, 0) is 0 Å². The fourth-order valence-corrected chi connectivity index (χ4v) is 2.80. The van der Waals surface area contributed by atoms with E-state index < -0.39 is 0 Å². The Morgan fingerprint density at radius 2 is 1.90 bits per heavy atom. The number of rotatable bonds is 3. The van der Waals surface area contributed by atoms with E-state index in [2.05, 4.69) is 21.2 Å². The normalized spacial score (nSPS) is 11.9. The Labute approximate surface area is 127 Å². The molecule has 0 aliphatic rings. The van der Waals surface area contributed by atoms with Gasteiger partial charge in [-0.25, -0.2) is 0 Å². The standard InChI is InChI=1S/C16H17BrN2O/c1-10-6-5-9-14(18)15(10)16(20)19-11(2)12-7-3-4-8-13(12)17/h3-9,11H,18H2,1-2H3,(H,19,20). The molecule has 0 aromatic heterocycles. The third-order valence-electron chi connectivity index (χ3n) is 3.25. The van der Waals surface area contributed by atoms with Gasteiger partial charge in [0.25, 0.3) is 5.91 Å². The molecule has 0 aliphatic carbocycles. The van der Waals surface area contributed by atoms with Crippen molar-refractivity contribution in [3.05, 3.63) is 63.6 Å². The van der Waals surface area contributed by atoms with Gasteiger partial charge >= 0.3 is 0 Å². The second kappa shape index (κ2) is 6.09. The number of amides is 1. The molecule has 3 nitrogen and oxygen atoms in total. The summed E-state index contributed by atoms with van der Waals surface area (Å²) in [6.07, 6.45) is 0. The summed E-state index contributed by atoms with van der Waals surface area (Å²) in [6.45, 7) is 3.83.